The van der Waals surface area contributed by atoms with Crippen molar-refractivity contribution in [1.29, 1.82) is 0 Å². The van der Waals surface area contributed by atoms with Crippen LogP contribution in [0.5, 0.6) is 0 Å². The maximum Gasteiger partial charge on any atom is 0.390 e. The molecule has 0 aliphatic rings. The molecule has 0 rings (SSSR count). The molecule has 5 heteroatoms. The average molecular weight is 232 g/mol. The monoisotopic (exact) mass is 232 g/mol. The van der Waals surface area contributed by atoms with Gasteiger partial charge in [-0.2, -0.15) is 13.2 Å². The van der Waals surface area contributed by atoms with Crippen molar-refractivity contribution in [3.63, 3.8) is 0 Å². The summed E-state index contributed by atoms with van der Waals surface area (Å²) in [4.78, 5) is 0. The largest absolute Gasteiger partial charge is 0.390 e. The van der Waals surface area contributed by atoms with Gasteiger partial charge >= 0.3 is 6.18 Å². The molecule has 0 heterocycles. The summed E-state index contributed by atoms with van der Waals surface area (Å²) in [5, 5.41) is -0.306. The highest BCUT2D eigenvalue weighted by Crippen LogP contribution is 2.37. The molecular weight excluding hydrogens is 217 g/mol. The lowest BCUT2D eigenvalue weighted by Crippen LogP contribution is -2.22. The van der Waals surface area contributed by atoms with Gasteiger partial charge < -0.3 is 0 Å². The minimum Gasteiger partial charge on any atom is -0.171 e. The van der Waals surface area contributed by atoms with Gasteiger partial charge in [0.15, 0.2) is 0 Å². The Bertz CT molecular complexity index is 136. The molecule has 0 aliphatic heterocycles. The van der Waals surface area contributed by atoms with Gasteiger partial charge in [-0.05, 0) is 12.2 Å². The van der Waals surface area contributed by atoms with Gasteiger partial charge in [0.25, 0.3) is 0 Å². The number of rotatable bonds is 5. The number of alkyl halides is 3. The van der Waals surface area contributed by atoms with E-state index in [0.717, 1.165) is 6.42 Å². The van der Waals surface area contributed by atoms with E-state index in [-0.39, 0.29) is 11.2 Å². The molecule has 2 atom stereocenters. The molecule has 0 aromatic heterocycles. The van der Waals surface area contributed by atoms with Gasteiger partial charge in [-0.25, -0.2) is 0 Å². The van der Waals surface area contributed by atoms with E-state index in [2.05, 4.69) is 0 Å². The second-order valence-electron chi connectivity index (χ2n) is 3.01. The Balaban J connectivity index is 4.09. The Kier molecular flexibility index (Phi) is 6.29. The topological polar surface area (TPSA) is 0 Å². The molecule has 80 valence electrons. The first kappa shape index (κ1) is 13.5. The second kappa shape index (κ2) is 6.06. The Morgan fingerprint density at radius 3 is 2.15 bits per heavy atom. The van der Waals surface area contributed by atoms with Crippen molar-refractivity contribution in [3.8, 4) is 0 Å². The Hall–Kier alpha value is 0.490. The van der Waals surface area contributed by atoms with Crippen LogP contribution in [0.25, 0.3) is 0 Å². The van der Waals surface area contributed by atoms with Crippen LogP contribution in [0.4, 0.5) is 13.2 Å². The number of hydrogen-bond donors (Lipinski definition) is 0. The summed E-state index contributed by atoms with van der Waals surface area (Å²) in [5.74, 6) is 0.124. The molecule has 0 radical (unpaired) electrons. The van der Waals surface area contributed by atoms with Crippen LogP contribution in [0.15, 0.2) is 0 Å². The van der Waals surface area contributed by atoms with Crippen molar-refractivity contribution < 1.29 is 13.2 Å². The zero-order valence-electron chi connectivity index (χ0n) is 8.02. The molecule has 2 unspecified atom stereocenters. The molecule has 13 heavy (non-hydrogen) atoms. The van der Waals surface area contributed by atoms with Crippen LogP contribution in [0.1, 0.15) is 26.7 Å². The summed E-state index contributed by atoms with van der Waals surface area (Å²) < 4.78 is 36.3. The minimum absolute atomic E-state index is 0.124. The molecule has 0 nitrogen and oxygen atoms in total. The summed E-state index contributed by atoms with van der Waals surface area (Å²) in [6.45, 7) is 3.80. The lowest BCUT2D eigenvalue weighted by atomic mass is 10.0. The Morgan fingerprint density at radius 2 is 1.85 bits per heavy atom. The van der Waals surface area contributed by atoms with Crippen LogP contribution in [-0.2, 0) is 0 Å². The van der Waals surface area contributed by atoms with E-state index in [9.17, 15) is 13.2 Å². The van der Waals surface area contributed by atoms with Crippen LogP contribution in [0.2, 0.25) is 0 Å². The van der Waals surface area contributed by atoms with E-state index in [1.807, 2.05) is 20.1 Å². The molecule has 0 bridgehead atoms. The van der Waals surface area contributed by atoms with E-state index < -0.39 is 12.6 Å². The molecule has 0 N–H and O–H groups in total. The van der Waals surface area contributed by atoms with Crippen LogP contribution < -0.4 is 0 Å². The number of hydrogen-bond acceptors (Lipinski definition) is 2. The third-order valence-corrected chi connectivity index (χ3v) is 4.32. The lowest BCUT2D eigenvalue weighted by Gasteiger charge is -2.22. The van der Waals surface area contributed by atoms with E-state index in [1.54, 1.807) is 0 Å². The fraction of sp³-hybridized carbons (Fsp3) is 1.00. The molecule has 0 amide bonds. The maximum absolute atomic E-state index is 12.1. The van der Waals surface area contributed by atoms with E-state index in [1.165, 1.54) is 21.6 Å². The van der Waals surface area contributed by atoms with Gasteiger partial charge in [-0.1, -0.05) is 41.9 Å². The van der Waals surface area contributed by atoms with Gasteiger partial charge in [0.1, 0.15) is 0 Å². The number of halogens is 3. The first-order valence-electron chi connectivity index (χ1n) is 4.17. The van der Waals surface area contributed by atoms with Crippen LogP contribution in [0, 0.1) is 5.92 Å². The minimum atomic E-state index is -4.03. The van der Waals surface area contributed by atoms with E-state index >= 15 is 0 Å². The highest BCUT2D eigenvalue weighted by molar-refractivity contribution is 8.76. The van der Waals surface area contributed by atoms with Gasteiger partial charge in [-0.3, -0.25) is 0 Å². The molecule has 0 saturated heterocycles. The SMILES string of the molecule is CCC(C)C(CC(F)(F)F)SSC. The highest BCUT2D eigenvalue weighted by atomic mass is 33.1. The van der Waals surface area contributed by atoms with Crippen LogP contribution >= 0.6 is 21.6 Å². The first-order valence-corrected chi connectivity index (χ1v) is 6.79. The lowest BCUT2D eigenvalue weighted by molar-refractivity contribution is -0.135. The van der Waals surface area contributed by atoms with Crippen molar-refractivity contribution in [2.45, 2.75) is 38.1 Å². The average Bonchev–Trinajstić information content (AvgIpc) is 2.00. The maximum atomic E-state index is 12.1. The molecule has 0 spiro atoms. The third-order valence-electron chi connectivity index (χ3n) is 1.93. The van der Waals surface area contributed by atoms with E-state index in [0.29, 0.717) is 0 Å². The van der Waals surface area contributed by atoms with Crippen LogP contribution in [0.3, 0.4) is 0 Å². The standard InChI is InChI=1S/C8H15F3S2/c1-4-6(2)7(13-12-3)5-8(9,10)11/h6-7H,4-5H2,1-3H3. The smallest absolute Gasteiger partial charge is 0.171 e. The summed E-state index contributed by atoms with van der Waals surface area (Å²) in [6, 6.07) is 0. The third kappa shape index (κ3) is 6.55. The molecule has 0 aliphatic carbocycles. The summed E-state index contributed by atoms with van der Waals surface area (Å²) in [5.41, 5.74) is 0. The van der Waals surface area contributed by atoms with Crippen molar-refractivity contribution in [2.75, 3.05) is 6.26 Å². The summed E-state index contributed by atoms with van der Waals surface area (Å²) >= 11 is 0. The van der Waals surface area contributed by atoms with Gasteiger partial charge in [0.2, 0.25) is 0 Å². The Morgan fingerprint density at radius 1 is 1.31 bits per heavy atom. The van der Waals surface area contributed by atoms with Crippen molar-refractivity contribution in [3.05, 3.63) is 0 Å². The normalized spacial score (nSPS) is 17.1. The molecule has 0 aromatic rings. The molecule has 0 aromatic carbocycles. The van der Waals surface area contributed by atoms with E-state index in [4.69, 9.17) is 0 Å². The Labute approximate surface area is 85.4 Å². The fourth-order valence-electron chi connectivity index (χ4n) is 0.945. The first-order chi connectivity index (χ1) is 5.90. The summed E-state index contributed by atoms with van der Waals surface area (Å²) in [7, 11) is 2.74. The van der Waals surface area contributed by atoms with Crippen LogP contribution in [-0.4, -0.2) is 17.7 Å². The van der Waals surface area contributed by atoms with Gasteiger partial charge in [0.05, 0.1) is 6.42 Å². The zero-order valence-corrected chi connectivity index (χ0v) is 9.65. The van der Waals surface area contributed by atoms with Crippen molar-refractivity contribution in [1.82, 2.24) is 0 Å². The van der Waals surface area contributed by atoms with Crippen molar-refractivity contribution >= 4 is 21.6 Å². The molecule has 0 fully saturated rings. The quantitative estimate of drug-likeness (QED) is 0.646. The van der Waals surface area contributed by atoms with Crippen molar-refractivity contribution in [2.24, 2.45) is 5.92 Å². The second-order valence-corrected chi connectivity index (χ2v) is 5.71. The molecule has 0 saturated carbocycles. The highest BCUT2D eigenvalue weighted by Gasteiger charge is 2.34. The summed E-state index contributed by atoms with van der Waals surface area (Å²) in [6.07, 6.45) is -2.09. The van der Waals surface area contributed by atoms with Gasteiger partial charge in [0, 0.05) is 5.25 Å². The fourth-order valence-corrected chi connectivity index (χ4v) is 3.35. The van der Waals surface area contributed by atoms with Gasteiger partial charge in [-0.15, -0.1) is 0 Å². The predicted molar refractivity (Wildman–Crippen MR) is 55.0 cm³/mol. The predicted octanol–water partition coefficient (Wildman–Crippen LogP) is 4.36. The zero-order chi connectivity index (χ0) is 10.5. The molecular formula is C8H15F3S2.